The third kappa shape index (κ3) is 2.92. The lowest BCUT2D eigenvalue weighted by atomic mass is 10.3. The van der Waals surface area contributed by atoms with Crippen LogP contribution in [0.4, 0.5) is 5.69 Å². The van der Waals surface area contributed by atoms with Gasteiger partial charge in [0.25, 0.3) is 5.56 Å². The molecule has 0 saturated carbocycles. The van der Waals surface area contributed by atoms with Gasteiger partial charge in [0.2, 0.25) is 0 Å². The number of thiazole rings is 1. The van der Waals surface area contributed by atoms with E-state index in [4.69, 9.17) is 0 Å². The molecule has 0 atom stereocenters. The Morgan fingerprint density at radius 1 is 1.21 bits per heavy atom. The van der Waals surface area contributed by atoms with E-state index in [-0.39, 0.29) is 5.56 Å². The maximum atomic E-state index is 12.7. The fourth-order valence-corrected chi connectivity index (χ4v) is 3.88. The molecule has 1 aromatic carbocycles. The first-order valence-corrected chi connectivity index (χ1v) is 8.99. The number of fused-ring (bicyclic) bond motifs is 1. The van der Waals surface area contributed by atoms with Crippen LogP contribution in [0.15, 0.2) is 62.9 Å². The van der Waals surface area contributed by atoms with Gasteiger partial charge >= 0.3 is 0 Å². The SMILES string of the molecule is O=c1c(=Cc2ccccn2)sc2n1CN(c1cccc(Br)c1)CN=2. The van der Waals surface area contributed by atoms with Crippen LogP contribution in [0, 0.1) is 0 Å². The number of halogens is 1. The number of pyridine rings is 1. The van der Waals surface area contributed by atoms with E-state index < -0.39 is 0 Å². The molecule has 0 N–H and O–H groups in total. The predicted octanol–water partition coefficient (Wildman–Crippen LogP) is 1.95. The van der Waals surface area contributed by atoms with Crippen molar-refractivity contribution in [1.82, 2.24) is 9.55 Å². The zero-order valence-corrected chi connectivity index (χ0v) is 15.0. The number of rotatable bonds is 2. The molecule has 24 heavy (non-hydrogen) atoms. The highest BCUT2D eigenvalue weighted by atomic mass is 79.9. The van der Waals surface area contributed by atoms with E-state index in [0.717, 1.165) is 20.7 Å². The summed E-state index contributed by atoms with van der Waals surface area (Å²) < 4.78 is 3.38. The van der Waals surface area contributed by atoms with Gasteiger partial charge in [0, 0.05) is 16.4 Å². The number of hydrogen-bond donors (Lipinski definition) is 0. The van der Waals surface area contributed by atoms with E-state index >= 15 is 0 Å². The summed E-state index contributed by atoms with van der Waals surface area (Å²) in [4.78, 5) is 24.3. The molecule has 0 radical (unpaired) electrons. The van der Waals surface area contributed by atoms with Crippen LogP contribution in [0.3, 0.4) is 0 Å². The molecule has 5 nitrogen and oxygen atoms in total. The average molecular weight is 401 g/mol. The Morgan fingerprint density at radius 2 is 2.12 bits per heavy atom. The fourth-order valence-electron chi connectivity index (χ4n) is 2.54. The monoisotopic (exact) mass is 400 g/mol. The van der Waals surface area contributed by atoms with E-state index in [9.17, 15) is 4.79 Å². The second-order valence-electron chi connectivity index (χ2n) is 5.34. The minimum atomic E-state index is -0.0240. The molecule has 0 aliphatic carbocycles. The van der Waals surface area contributed by atoms with Crippen molar-refractivity contribution in [1.29, 1.82) is 0 Å². The van der Waals surface area contributed by atoms with Crippen LogP contribution in [0.25, 0.3) is 6.08 Å². The topological polar surface area (TPSA) is 50.5 Å². The van der Waals surface area contributed by atoms with Gasteiger partial charge in [-0.3, -0.25) is 14.3 Å². The van der Waals surface area contributed by atoms with Gasteiger partial charge in [0.05, 0.1) is 10.2 Å². The van der Waals surface area contributed by atoms with E-state index in [1.165, 1.54) is 11.3 Å². The van der Waals surface area contributed by atoms with Gasteiger partial charge in [-0.1, -0.05) is 39.4 Å². The van der Waals surface area contributed by atoms with Crippen LogP contribution in [-0.4, -0.2) is 16.2 Å². The third-order valence-corrected chi connectivity index (χ3v) is 5.25. The maximum Gasteiger partial charge on any atom is 0.271 e. The Balaban J connectivity index is 1.73. The van der Waals surface area contributed by atoms with Crippen molar-refractivity contribution in [3.05, 3.63) is 78.5 Å². The van der Waals surface area contributed by atoms with Crippen molar-refractivity contribution >= 4 is 39.0 Å². The molecule has 1 aliphatic rings. The standard InChI is InChI=1S/C17H13BrN4OS/c18-12-4-3-6-14(8-12)21-10-20-17-22(11-21)16(23)15(24-17)9-13-5-1-2-7-19-13/h1-9H,10-11H2. The van der Waals surface area contributed by atoms with Crippen LogP contribution in [0.5, 0.6) is 0 Å². The van der Waals surface area contributed by atoms with Crippen molar-refractivity contribution < 1.29 is 0 Å². The summed E-state index contributed by atoms with van der Waals surface area (Å²) in [6, 6.07) is 13.6. The Bertz CT molecular complexity index is 1060. The molecule has 0 unspecified atom stereocenters. The van der Waals surface area contributed by atoms with Gasteiger partial charge in [-0.15, -0.1) is 0 Å². The predicted molar refractivity (Wildman–Crippen MR) is 98.7 cm³/mol. The highest BCUT2D eigenvalue weighted by Crippen LogP contribution is 2.20. The van der Waals surface area contributed by atoms with Crippen LogP contribution < -0.4 is 19.8 Å². The van der Waals surface area contributed by atoms with Gasteiger partial charge in [0.15, 0.2) is 4.80 Å². The van der Waals surface area contributed by atoms with Gasteiger partial charge in [0.1, 0.15) is 13.3 Å². The van der Waals surface area contributed by atoms with Gasteiger partial charge in [-0.2, -0.15) is 0 Å². The number of nitrogens with zero attached hydrogens (tertiary/aromatic N) is 4. The van der Waals surface area contributed by atoms with Crippen LogP contribution >= 0.6 is 27.3 Å². The summed E-state index contributed by atoms with van der Waals surface area (Å²) in [5.41, 5.74) is 1.79. The van der Waals surface area contributed by atoms with E-state index in [1.54, 1.807) is 10.8 Å². The van der Waals surface area contributed by atoms with Gasteiger partial charge < -0.3 is 4.90 Å². The first kappa shape index (κ1) is 15.3. The molecule has 0 saturated heterocycles. The second kappa shape index (κ2) is 6.33. The van der Waals surface area contributed by atoms with Gasteiger partial charge in [-0.25, -0.2) is 4.99 Å². The van der Waals surface area contributed by atoms with Crippen molar-refractivity contribution in [3.8, 4) is 0 Å². The second-order valence-corrected chi connectivity index (χ2v) is 7.27. The third-order valence-electron chi connectivity index (χ3n) is 3.72. The van der Waals surface area contributed by atoms with E-state index in [0.29, 0.717) is 17.9 Å². The molecule has 7 heteroatoms. The molecular formula is C17H13BrN4OS. The summed E-state index contributed by atoms with van der Waals surface area (Å²) in [6.45, 7) is 1.04. The van der Waals surface area contributed by atoms with Crippen LogP contribution in [0.2, 0.25) is 0 Å². The lowest BCUT2D eigenvalue weighted by Gasteiger charge is -2.25. The summed E-state index contributed by atoms with van der Waals surface area (Å²) in [5.74, 6) is 0. The lowest BCUT2D eigenvalue weighted by Crippen LogP contribution is -2.42. The van der Waals surface area contributed by atoms with Gasteiger partial charge in [-0.05, 0) is 36.4 Å². The minimum absolute atomic E-state index is 0.0240. The number of anilines is 1. The summed E-state index contributed by atoms with van der Waals surface area (Å²) >= 11 is 4.89. The van der Waals surface area contributed by atoms with Crippen molar-refractivity contribution in [3.63, 3.8) is 0 Å². The highest BCUT2D eigenvalue weighted by Gasteiger charge is 2.16. The molecule has 2 aromatic heterocycles. The Labute approximate surface area is 150 Å². The van der Waals surface area contributed by atoms with Crippen LogP contribution in [-0.2, 0) is 6.67 Å². The Hall–Kier alpha value is -2.25. The summed E-state index contributed by atoms with van der Waals surface area (Å²) in [6.07, 6.45) is 3.54. The number of benzene rings is 1. The minimum Gasteiger partial charge on any atom is -0.334 e. The molecular weight excluding hydrogens is 388 g/mol. The summed E-state index contributed by atoms with van der Waals surface area (Å²) in [7, 11) is 0. The van der Waals surface area contributed by atoms with Crippen molar-refractivity contribution in [2.24, 2.45) is 4.99 Å². The molecule has 0 bridgehead atoms. The molecule has 0 amide bonds. The molecule has 3 aromatic rings. The maximum absolute atomic E-state index is 12.7. The Morgan fingerprint density at radius 3 is 2.92 bits per heavy atom. The zero-order valence-electron chi connectivity index (χ0n) is 12.6. The molecule has 0 spiro atoms. The molecule has 4 rings (SSSR count). The van der Waals surface area contributed by atoms with E-state index in [1.807, 2.05) is 48.5 Å². The largest absolute Gasteiger partial charge is 0.334 e. The highest BCUT2D eigenvalue weighted by molar-refractivity contribution is 9.10. The first-order valence-electron chi connectivity index (χ1n) is 7.38. The zero-order chi connectivity index (χ0) is 16.5. The number of hydrogen-bond acceptors (Lipinski definition) is 5. The average Bonchev–Trinajstić information content (AvgIpc) is 2.91. The smallest absolute Gasteiger partial charge is 0.271 e. The molecule has 0 fully saturated rings. The quantitative estimate of drug-likeness (QED) is 0.660. The normalized spacial score (nSPS) is 14.4. The molecule has 1 aliphatic heterocycles. The fraction of sp³-hybridized carbons (Fsp3) is 0.118. The van der Waals surface area contributed by atoms with Crippen LogP contribution in [0.1, 0.15) is 5.69 Å². The molecule has 3 heterocycles. The first-order chi connectivity index (χ1) is 11.7. The molecule has 120 valence electrons. The van der Waals surface area contributed by atoms with E-state index in [2.05, 4.69) is 30.8 Å². The van der Waals surface area contributed by atoms with Crippen molar-refractivity contribution in [2.45, 2.75) is 6.67 Å². The lowest BCUT2D eigenvalue weighted by molar-refractivity contribution is 0.569. The number of aromatic nitrogens is 2. The summed E-state index contributed by atoms with van der Waals surface area (Å²) in [5, 5.41) is 0. The Kier molecular flexibility index (Phi) is 4.03. The van der Waals surface area contributed by atoms with Crippen molar-refractivity contribution in [2.75, 3.05) is 11.6 Å².